The van der Waals surface area contributed by atoms with Crippen LogP contribution in [0.2, 0.25) is 0 Å². The zero-order valence-electron chi connectivity index (χ0n) is 20.2. The molecule has 2 atom stereocenters. The third-order valence-electron chi connectivity index (χ3n) is 6.49. The van der Waals surface area contributed by atoms with E-state index < -0.39 is 6.04 Å². The molecule has 0 aliphatic carbocycles. The zero-order valence-corrected chi connectivity index (χ0v) is 20.2. The van der Waals surface area contributed by atoms with Crippen LogP contribution in [0.5, 0.6) is 0 Å². The highest BCUT2D eigenvalue weighted by Crippen LogP contribution is 2.31. The Labute approximate surface area is 198 Å². The number of hydrogen-bond acceptors (Lipinski definition) is 3. The summed E-state index contributed by atoms with van der Waals surface area (Å²) >= 11 is 0. The van der Waals surface area contributed by atoms with Crippen LogP contribution in [0, 0.1) is 0 Å². The molecule has 2 unspecified atom stereocenters. The van der Waals surface area contributed by atoms with Crippen molar-refractivity contribution in [2.24, 2.45) is 0 Å². The van der Waals surface area contributed by atoms with E-state index in [2.05, 4.69) is 91.5 Å². The Bertz CT molecular complexity index is 1040. The van der Waals surface area contributed by atoms with Gasteiger partial charge in [-0.1, -0.05) is 93.6 Å². The van der Waals surface area contributed by atoms with Gasteiger partial charge in [-0.25, -0.2) is 0 Å². The van der Waals surface area contributed by atoms with E-state index in [0.29, 0.717) is 6.54 Å². The summed E-state index contributed by atoms with van der Waals surface area (Å²) in [5.41, 5.74) is 4.45. The molecule has 3 aromatic carbocycles. The lowest BCUT2D eigenvalue weighted by molar-refractivity contribution is -0.137. The summed E-state index contributed by atoms with van der Waals surface area (Å²) in [5, 5.41) is 3.53. The molecule has 4 heteroatoms. The van der Waals surface area contributed by atoms with Crippen molar-refractivity contribution < 1.29 is 4.79 Å². The van der Waals surface area contributed by atoms with Crippen LogP contribution in [0.15, 0.2) is 84.9 Å². The monoisotopic (exact) mass is 441 g/mol. The van der Waals surface area contributed by atoms with E-state index in [1.807, 2.05) is 36.4 Å². The Hall–Kier alpha value is -3.11. The smallest absolute Gasteiger partial charge is 0.250 e. The van der Waals surface area contributed by atoms with Crippen molar-refractivity contribution in [1.82, 2.24) is 9.80 Å². The summed E-state index contributed by atoms with van der Waals surface area (Å²) in [6.45, 7) is 9.04. The molecular formula is C29H35N3O. The summed E-state index contributed by atoms with van der Waals surface area (Å²) in [7, 11) is 2.13. The third-order valence-corrected chi connectivity index (χ3v) is 6.49. The normalized spacial score (nSPS) is 18.1. The molecular weight excluding hydrogens is 406 g/mol. The first-order chi connectivity index (χ1) is 15.8. The fraction of sp³-hybridized carbons (Fsp3) is 0.345. The van der Waals surface area contributed by atoms with Gasteiger partial charge in [0.15, 0.2) is 0 Å². The highest BCUT2D eigenvalue weighted by Gasteiger charge is 2.35. The minimum absolute atomic E-state index is 0.0337. The van der Waals surface area contributed by atoms with Crippen LogP contribution < -0.4 is 5.32 Å². The molecule has 0 bridgehead atoms. The van der Waals surface area contributed by atoms with E-state index >= 15 is 0 Å². The van der Waals surface area contributed by atoms with E-state index in [9.17, 15) is 4.79 Å². The van der Waals surface area contributed by atoms with Gasteiger partial charge in [0.1, 0.15) is 6.04 Å². The molecule has 0 spiro atoms. The Morgan fingerprint density at radius 1 is 0.879 bits per heavy atom. The summed E-state index contributed by atoms with van der Waals surface area (Å²) in [6.07, 6.45) is 0. The minimum Gasteiger partial charge on any atom is -0.370 e. The number of benzene rings is 3. The van der Waals surface area contributed by atoms with Crippen LogP contribution in [0.25, 0.3) is 0 Å². The second-order valence-electron chi connectivity index (χ2n) is 10.0. The van der Waals surface area contributed by atoms with Crippen LogP contribution in [0.1, 0.15) is 49.5 Å². The highest BCUT2D eigenvalue weighted by atomic mass is 16.2. The van der Waals surface area contributed by atoms with Gasteiger partial charge in [0.25, 0.3) is 0 Å². The Balaban J connectivity index is 1.68. The SMILES string of the molecule is CN1CCN(C(=O)C(Nc2ccccc2)c2ccc(C(C)(C)C)cc2)C(c2ccccc2)C1. The number of likely N-dealkylation sites (N-methyl/N-ethyl adjacent to an activating group) is 1. The maximum absolute atomic E-state index is 14.1. The highest BCUT2D eigenvalue weighted by molar-refractivity contribution is 5.86. The first-order valence-electron chi connectivity index (χ1n) is 11.8. The molecule has 1 aliphatic rings. The lowest BCUT2D eigenvalue weighted by Crippen LogP contribution is -2.51. The number of rotatable bonds is 5. The van der Waals surface area contributed by atoms with Gasteiger partial charge in [-0.3, -0.25) is 4.79 Å². The summed E-state index contributed by atoms with van der Waals surface area (Å²) in [6, 6.07) is 28.5. The first-order valence-corrected chi connectivity index (χ1v) is 11.8. The molecule has 1 aliphatic heterocycles. The molecule has 1 N–H and O–H groups in total. The molecule has 0 radical (unpaired) electrons. The van der Waals surface area contributed by atoms with Gasteiger partial charge in [-0.05, 0) is 41.3 Å². The van der Waals surface area contributed by atoms with Crippen LogP contribution in [-0.2, 0) is 10.2 Å². The van der Waals surface area contributed by atoms with E-state index in [4.69, 9.17) is 0 Å². The number of carbonyl (C=O) groups is 1. The molecule has 1 fully saturated rings. The number of piperazine rings is 1. The Morgan fingerprint density at radius 2 is 1.48 bits per heavy atom. The predicted molar refractivity (Wildman–Crippen MR) is 136 cm³/mol. The van der Waals surface area contributed by atoms with Crippen molar-refractivity contribution in [3.8, 4) is 0 Å². The summed E-state index contributed by atoms with van der Waals surface area (Å²) in [4.78, 5) is 18.5. The van der Waals surface area contributed by atoms with Gasteiger partial charge in [0.05, 0.1) is 6.04 Å². The molecule has 1 heterocycles. The van der Waals surface area contributed by atoms with Gasteiger partial charge in [0, 0.05) is 25.3 Å². The fourth-order valence-electron chi connectivity index (χ4n) is 4.47. The van der Waals surface area contributed by atoms with E-state index in [0.717, 1.165) is 24.3 Å². The molecule has 4 rings (SSSR count). The fourth-order valence-corrected chi connectivity index (χ4v) is 4.47. The number of amides is 1. The second kappa shape index (κ2) is 9.80. The van der Waals surface area contributed by atoms with Crippen molar-refractivity contribution in [2.75, 3.05) is 32.0 Å². The largest absolute Gasteiger partial charge is 0.370 e. The number of nitrogens with zero attached hydrogens (tertiary/aromatic N) is 2. The topological polar surface area (TPSA) is 35.6 Å². The molecule has 1 saturated heterocycles. The molecule has 172 valence electrons. The quantitative estimate of drug-likeness (QED) is 0.555. The van der Waals surface area contributed by atoms with Crippen molar-refractivity contribution in [3.63, 3.8) is 0 Å². The lowest BCUT2D eigenvalue weighted by Gasteiger charge is -2.42. The molecule has 4 nitrogen and oxygen atoms in total. The number of hydrogen-bond donors (Lipinski definition) is 1. The van der Waals surface area contributed by atoms with Crippen molar-refractivity contribution in [3.05, 3.63) is 102 Å². The van der Waals surface area contributed by atoms with E-state index in [1.165, 1.54) is 11.1 Å². The summed E-state index contributed by atoms with van der Waals surface area (Å²) < 4.78 is 0. The maximum atomic E-state index is 14.1. The maximum Gasteiger partial charge on any atom is 0.250 e. The molecule has 3 aromatic rings. The number of para-hydroxylation sites is 1. The third kappa shape index (κ3) is 5.45. The number of carbonyl (C=O) groups excluding carboxylic acids is 1. The first kappa shape index (κ1) is 23.1. The average molecular weight is 442 g/mol. The molecule has 33 heavy (non-hydrogen) atoms. The number of nitrogens with one attached hydrogen (secondary N) is 1. The van der Waals surface area contributed by atoms with Crippen LogP contribution in [0.3, 0.4) is 0 Å². The van der Waals surface area contributed by atoms with Gasteiger partial charge >= 0.3 is 0 Å². The zero-order chi connectivity index (χ0) is 23.4. The van der Waals surface area contributed by atoms with Gasteiger partial charge in [-0.15, -0.1) is 0 Å². The van der Waals surface area contributed by atoms with Gasteiger partial charge in [0.2, 0.25) is 5.91 Å². The van der Waals surface area contributed by atoms with Gasteiger partial charge < -0.3 is 15.1 Å². The number of anilines is 1. The molecule has 0 aromatic heterocycles. The minimum atomic E-state index is -0.448. The van der Waals surface area contributed by atoms with Crippen molar-refractivity contribution >= 4 is 11.6 Å². The van der Waals surface area contributed by atoms with E-state index in [-0.39, 0.29) is 17.4 Å². The molecule has 0 saturated carbocycles. The van der Waals surface area contributed by atoms with Crippen molar-refractivity contribution in [2.45, 2.75) is 38.3 Å². The second-order valence-corrected chi connectivity index (χ2v) is 10.0. The standard InChI is InChI=1S/C29H35N3O/c1-29(2,3)24-17-15-23(16-18-24)27(30-25-13-9-6-10-14-25)28(33)32-20-19-31(4)21-26(32)22-11-7-5-8-12-22/h5-18,26-27,30H,19-21H2,1-4H3. The van der Waals surface area contributed by atoms with Crippen LogP contribution in [0.4, 0.5) is 5.69 Å². The summed E-state index contributed by atoms with van der Waals surface area (Å²) in [5.74, 6) is 0.115. The Morgan fingerprint density at radius 3 is 2.09 bits per heavy atom. The molecule has 1 amide bonds. The van der Waals surface area contributed by atoms with E-state index in [1.54, 1.807) is 0 Å². The predicted octanol–water partition coefficient (Wildman–Crippen LogP) is 5.65. The van der Waals surface area contributed by atoms with Crippen molar-refractivity contribution in [1.29, 1.82) is 0 Å². The lowest BCUT2D eigenvalue weighted by atomic mass is 9.86. The van der Waals surface area contributed by atoms with Crippen LogP contribution in [-0.4, -0.2) is 42.4 Å². The average Bonchev–Trinajstić information content (AvgIpc) is 2.83. The Kier molecular flexibility index (Phi) is 6.85. The van der Waals surface area contributed by atoms with Gasteiger partial charge in [-0.2, -0.15) is 0 Å². The van der Waals surface area contributed by atoms with Crippen LogP contribution >= 0.6 is 0 Å².